The smallest absolute Gasteiger partial charge is 0.240 e. The van der Waals surface area contributed by atoms with Gasteiger partial charge in [-0.25, -0.2) is 9.29 Å². The summed E-state index contributed by atoms with van der Waals surface area (Å²) < 4.78 is 13.6. The first-order valence-corrected chi connectivity index (χ1v) is 9.66. The summed E-state index contributed by atoms with van der Waals surface area (Å²) in [5.74, 6) is -3.16. The number of rotatable bonds is 2. The molecule has 5 rings (SSSR count). The SMILES string of the molecule is CC(=O)[C@@H]1[C@@H]2C(=O)N(c3ccc(F)c(Cl)c3)C(=O)[C@@H]2C2c3ccccc3C=CN21. The molecule has 146 valence electrons. The maximum Gasteiger partial charge on any atom is 0.240 e. The maximum absolute atomic E-state index is 13.6. The molecule has 2 aromatic carbocycles. The molecular formula is C22H16ClFN2O3. The predicted octanol–water partition coefficient (Wildman–Crippen LogP) is 3.58. The monoisotopic (exact) mass is 410 g/mol. The van der Waals surface area contributed by atoms with Crippen molar-refractivity contribution in [3.8, 4) is 0 Å². The van der Waals surface area contributed by atoms with Gasteiger partial charge in [-0.1, -0.05) is 35.9 Å². The summed E-state index contributed by atoms with van der Waals surface area (Å²) in [6, 6.07) is 10.3. The minimum absolute atomic E-state index is 0.171. The molecule has 0 N–H and O–H groups in total. The standard InChI is InChI=1S/C22H16ClFN2O3/c1-11(27)19-17-18(20-14-5-3-2-4-12(14)8-9-25(19)20)22(29)26(21(17)28)13-6-7-16(24)15(23)10-13/h2-10,17-20H,1H3/t17-,18+,19-,20?/m1/s1. The van der Waals surface area contributed by atoms with Crippen LogP contribution in [0.1, 0.15) is 24.1 Å². The minimum atomic E-state index is -0.801. The van der Waals surface area contributed by atoms with Gasteiger partial charge in [-0.15, -0.1) is 0 Å². The first kappa shape index (κ1) is 18.1. The second kappa shape index (κ2) is 6.26. The van der Waals surface area contributed by atoms with Crippen LogP contribution in [0.2, 0.25) is 5.02 Å². The molecule has 5 nitrogen and oxygen atoms in total. The van der Waals surface area contributed by atoms with Crippen molar-refractivity contribution in [3.05, 3.63) is 70.6 Å². The summed E-state index contributed by atoms with van der Waals surface area (Å²) in [4.78, 5) is 42.2. The number of ketones is 1. The van der Waals surface area contributed by atoms with Gasteiger partial charge in [0.05, 0.1) is 34.6 Å². The van der Waals surface area contributed by atoms with Crippen molar-refractivity contribution >= 4 is 41.0 Å². The van der Waals surface area contributed by atoms with Gasteiger partial charge < -0.3 is 4.90 Å². The normalized spacial score (nSPS) is 27.1. The summed E-state index contributed by atoms with van der Waals surface area (Å²) >= 11 is 5.87. The van der Waals surface area contributed by atoms with Crippen molar-refractivity contribution in [1.82, 2.24) is 4.90 Å². The molecule has 2 aromatic rings. The van der Waals surface area contributed by atoms with E-state index in [1.54, 1.807) is 6.20 Å². The summed E-state index contributed by atoms with van der Waals surface area (Å²) in [5, 5.41) is -0.171. The first-order valence-electron chi connectivity index (χ1n) is 9.28. The van der Waals surface area contributed by atoms with Crippen LogP contribution in [-0.4, -0.2) is 28.5 Å². The average molecular weight is 411 g/mol. The number of hydrogen-bond acceptors (Lipinski definition) is 4. The lowest BCUT2D eigenvalue weighted by Gasteiger charge is -2.34. The van der Waals surface area contributed by atoms with Crippen LogP contribution >= 0.6 is 11.6 Å². The lowest BCUT2D eigenvalue weighted by molar-refractivity contribution is -0.129. The Morgan fingerprint density at radius 2 is 1.79 bits per heavy atom. The molecule has 3 aliphatic rings. The van der Waals surface area contributed by atoms with Crippen molar-refractivity contribution < 1.29 is 18.8 Å². The molecule has 3 heterocycles. The van der Waals surface area contributed by atoms with E-state index in [0.29, 0.717) is 0 Å². The van der Waals surface area contributed by atoms with Gasteiger partial charge >= 0.3 is 0 Å². The molecule has 0 saturated carbocycles. The Morgan fingerprint density at radius 3 is 2.52 bits per heavy atom. The number of benzene rings is 2. The maximum atomic E-state index is 13.6. The zero-order valence-electron chi connectivity index (χ0n) is 15.4. The lowest BCUT2D eigenvalue weighted by Crippen LogP contribution is -2.43. The van der Waals surface area contributed by atoms with E-state index in [1.165, 1.54) is 19.1 Å². The number of amides is 2. The van der Waals surface area contributed by atoms with Crippen LogP contribution in [0.3, 0.4) is 0 Å². The number of anilines is 1. The van der Waals surface area contributed by atoms with Crippen LogP contribution in [-0.2, 0) is 14.4 Å². The van der Waals surface area contributed by atoms with Crippen molar-refractivity contribution in [2.45, 2.75) is 19.0 Å². The van der Waals surface area contributed by atoms with Crippen LogP contribution in [0.15, 0.2) is 48.7 Å². The third-order valence-corrected chi connectivity index (χ3v) is 6.33. The highest BCUT2D eigenvalue weighted by atomic mass is 35.5. The first-order chi connectivity index (χ1) is 13.9. The topological polar surface area (TPSA) is 57.7 Å². The van der Waals surface area contributed by atoms with E-state index in [2.05, 4.69) is 0 Å². The van der Waals surface area contributed by atoms with E-state index in [-0.39, 0.29) is 16.5 Å². The molecule has 2 amide bonds. The summed E-state index contributed by atoms with van der Waals surface area (Å²) in [6.07, 6.45) is 3.70. The molecule has 0 spiro atoms. The van der Waals surface area contributed by atoms with E-state index in [9.17, 15) is 18.8 Å². The van der Waals surface area contributed by atoms with Crippen molar-refractivity contribution in [1.29, 1.82) is 0 Å². The number of carbonyl (C=O) groups is 3. The summed E-state index contributed by atoms with van der Waals surface area (Å²) in [7, 11) is 0. The van der Waals surface area contributed by atoms with E-state index < -0.39 is 41.6 Å². The van der Waals surface area contributed by atoms with Gasteiger partial charge in [-0.3, -0.25) is 14.4 Å². The number of halogens is 2. The molecule has 3 aliphatic heterocycles. The highest BCUT2D eigenvalue weighted by molar-refractivity contribution is 6.31. The Bertz CT molecular complexity index is 1110. The molecule has 29 heavy (non-hydrogen) atoms. The second-order valence-electron chi connectivity index (χ2n) is 7.55. The summed E-state index contributed by atoms with van der Waals surface area (Å²) in [5.41, 5.74) is 2.09. The molecule has 0 aliphatic carbocycles. The largest absolute Gasteiger partial charge is 0.359 e. The molecule has 2 fully saturated rings. The van der Waals surface area contributed by atoms with E-state index in [4.69, 9.17) is 11.6 Å². The average Bonchev–Trinajstić information content (AvgIpc) is 3.17. The van der Waals surface area contributed by atoms with E-state index in [1.807, 2.05) is 35.2 Å². The molecule has 0 radical (unpaired) electrons. The Kier molecular flexibility index (Phi) is 3.90. The fourth-order valence-corrected chi connectivity index (χ4v) is 5.07. The number of nitrogens with zero attached hydrogens (tertiary/aromatic N) is 2. The van der Waals surface area contributed by atoms with Gasteiger partial charge in [-0.2, -0.15) is 0 Å². The molecule has 7 heteroatoms. The van der Waals surface area contributed by atoms with E-state index >= 15 is 0 Å². The van der Waals surface area contributed by atoms with Gasteiger partial charge in [0, 0.05) is 6.20 Å². The Morgan fingerprint density at radius 1 is 1.07 bits per heavy atom. The third kappa shape index (κ3) is 2.42. The highest BCUT2D eigenvalue weighted by Crippen LogP contribution is 2.53. The molecule has 1 unspecified atom stereocenters. The van der Waals surface area contributed by atoms with Gasteiger partial charge in [0.2, 0.25) is 11.8 Å². The van der Waals surface area contributed by atoms with Crippen LogP contribution in [0, 0.1) is 17.7 Å². The van der Waals surface area contributed by atoms with Gasteiger partial charge in [0.1, 0.15) is 5.82 Å². The number of hydrogen-bond donors (Lipinski definition) is 0. The Labute approximate surface area is 171 Å². The molecule has 4 atom stereocenters. The van der Waals surface area contributed by atoms with Crippen LogP contribution < -0.4 is 4.90 Å². The number of imide groups is 1. The highest BCUT2D eigenvalue weighted by Gasteiger charge is 2.63. The van der Waals surface area contributed by atoms with Crippen molar-refractivity contribution in [3.63, 3.8) is 0 Å². The van der Waals surface area contributed by atoms with Crippen LogP contribution in [0.25, 0.3) is 6.08 Å². The van der Waals surface area contributed by atoms with Gasteiger partial charge in [-0.05, 0) is 42.3 Å². The van der Waals surface area contributed by atoms with Crippen LogP contribution in [0.5, 0.6) is 0 Å². The van der Waals surface area contributed by atoms with Crippen molar-refractivity contribution in [2.24, 2.45) is 11.8 Å². The Balaban J connectivity index is 1.65. The number of fused-ring (bicyclic) bond motifs is 5. The molecule has 0 bridgehead atoms. The zero-order valence-corrected chi connectivity index (χ0v) is 16.1. The van der Waals surface area contributed by atoms with Crippen molar-refractivity contribution in [2.75, 3.05) is 4.90 Å². The quantitative estimate of drug-likeness (QED) is 0.710. The molecule has 2 saturated heterocycles. The van der Waals surface area contributed by atoms with Gasteiger partial charge in [0.15, 0.2) is 5.78 Å². The van der Waals surface area contributed by atoms with Gasteiger partial charge in [0.25, 0.3) is 0 Å². The predicted molar refractivity (Wildman–Crippen MR) is 105 cm³/mol. The second-order valence-corrected chi connectivity index (χ2v) is 7.96. The Hall–Kier alpha value is -2.99. The lowest BCUT2D eigenvalue weighted by atomic mass is 9.84. The minimum Gasteiger partial charge on any atom is -0.359 e. The summed E-state index contributed by atoms with van der Waals surface area (Å²) in [6.45, 7) is 1.44. The fourth-order valence-electron chi connectivity index (χ4n) is 4.90. The van der Waals surface area contributed by atoms with E-state index in [0.717, 1.165) is 22.1 Å². The van der Waals surface area contributed by atoms with Crippen LogP contribution in [0.4, 0.5) is 10.1 Å². The number of Topliss-reactive ketones (excluding diaryl/α,β-unsaturated/α-hetero) is 1. The number of carbonyl (C=O) groups excluding carboxylic acids is 3. The fraction of sp³-hybridized carbons (Fsp3) is 0.227. The zero-order chi connectivity index (χ0) is 20.4. The third-order valence-electron chi connectivity index (χ3n) is 6.04. The molecular weight excluding hydrogens is 395 g/mol. The molecule has 0 aromatic heterocycles.